The van der Waals surface area contributed by atoms with E-state index in [1.165, 1.54) is 29.4 Å². The number of carbonyl (C=O) groups excluding carboxylic acids is 3. The number of hydrogen-bond donors (Lipinski definition) is 2. The van der Waals surface area contributed by atoms with Crippen LogP contribution in [0.25, 0.3) is 10.8 Å². The van der Waals surface area contributed by atoms with Gasteiger partial charge >= 0.3 is 0 Å². The smallest absolute Gasteiger partial charge is 0.254 e. The molecule has 9 heteroatoms. The molecule has 0 bridgehead atoms. The zero-order valence-corrected chi connectivity index (χ0v) is 18.9. The van der Waals surface area contributed by atoms with Crippen LogP contribution in [-0.2, 0) is 9.59 Å². The lowest BCUT2D eigenvalue weighted by Gasteiger charge is -2.33. The van der Waals surface area contributed by atoms with Crippen molar-refractivity contribution in [1.82, 2.24) is 15.2 Å². The van der Waals surface area contributed by atoms with Crippen molar-refractivity contribution in [2.45, 2.75) is 18.8 Å². The van der Waals surface area contributed by atoms with Crippen LogP contribution in [-0.4, -0.2) is 47.2 Å². The van der Waals surface area contributed by atoms with Crippen molar-refractivity contribution in [2.75, 3.05) is 25.0 Å². The Morgan fingerprint density at radius 2 is 1.97 bits per heavy atom. The largest absolute Gasteiger partial charge is 0.354 e. The van der Waals surface area contributed by atoms with Crippen LogP contribution in [0, 0.1) is 11.7 Å². The number of halogens is 2. The van der Waals surface area contributed by atoms with E-state index in [2.05, 4.69) is 15.6 Å². The van der Waals surface area contributed by atoms with Crippen molar-refractivity contribution in [3.8, 4) is 0 Å². The zero-order chi connectivity index (χ0) is 23.8. The number of hydrogen-bond acceptors (Lipinski definition) is 4. The molecule has 7 nitrogen and oxygen atoms in total. The second kappa shape index (κ2) is 9.02. The fourth-order valence-corrected chi connectivity index (χ4v) is 4.41. The molecule has 3 aromatic rings. The quantitative estimate of drug-likeness (QED) is 0.562. The summed E-state index contributed by atoms with van der Waals surface area (Å²) < 4.78 is 13.6. The minimum Gasteiger partial charge on any atom is -0.354 e. The second-order valence-corrected chi connectivity index (χ2v) is 9.20. The standard InChI is InChI=1S/C25H22ClFN4O3/c26-16-3-5-19-20(8-16)21(12-31(25(19)34)13-23(32)29-9-14-1-2-14)24(33)30-22-11-28-10-15-7-17(27)4-6-18(15)22/h3-8,10-11,14,21H,1-2,9,12-13H2,(H,29,32)(H,30,33). The van der Waals surface area contributed by atoms with Crippen LogP contribution >= 0.6 is 11.6 Å². The van der Waals surface area contributed by atoms with Gasteiger partial charge in [0.2, 0.25) is 11.8 Å². The Morgan fingerprint density at radius 3 is 2.76 bits per heavy atom. The third-order valence-electron chi connectivity index (χ3n) is 6.22. The van der Waals surface area contributed by atoms with Gasteiger partial charge in [0, 0.05) is 40.6 Å². The fourth-order valence-electron chi connectivity index (χ4n) is 4.23. The molecule has 0 spiro atoms. The SMILES string of the molecule is O=C(CN1CC(C(=O)Nc2cncc3cc(F)ccc23)c2cc(Cl)ccc2C1=O)NCC1CC1. The van der Waals surface area contributed by atoms with Gasteiger partial charge in [0.05, 0.1) is 24.3 Å². The molecule has 0 radical (unpaired) electrons. The van der Waals surface area contributed by atoms with E-state index in [-0.39, 0.29) is 30.8 Å². The first-order valence-electron chi connectivity index (χ1n) is 11.1. The molecule has 1 unspecified atom stereocenters. The van der Waals surface area contributed by atoms with Crippen LogP contribution in [0.5, 0.6) is 0 Å². The minimum atomic E-state index is -0.752. The van der Waals surface area contributed by atoms with Crippen molar-refractivity contribution in [1.29, 1.82) is 0 Å². The average molecular weight is 481 g/mol. The van der Waals surface area contributed by atoms with Gasteiger partial charge in [-0.05, 0) is 60.7 Å². The summed E-state index contributed by atoms with van der Waals surface area (Å²) in [5.41, 5.74) is 1.27. The van der Waals surface area contributed by atoms with Crippen molar-refractivity contribution >= 4 is 45.8 Å². The number of anilines is 1. The third kappa shape index (κ3) is 4.59. The monoisotopic (exact) mass is 480 g/mol. The van der Waals surface area contributed by atoms with Crippen molar-refractivity contribution in [3.63, 3.8) is 0 Å². The number of aromatic nitrogens is 1. The van der Waals surface area contributed by atoms with Crippen LogP contribution in [0.4, 0.5) is 10.1 Å². The maximum absolute atomic E-state index is 13.6. The summed E-state index contributed by atoms with van der Waals surface area (Å²) in [5, 5.41) is 7.32. The van der Waals surface area contributed by atoms with Gasteiger partial charge in [0.1, 0.15) is 5.82 Å². The molecule has 1 fully saturated rings. The highest BCUT2D eigenvalue weighted by molar-refractivity contribution is 6.30. The van der Waals surface area contributed by atoms with Gasteiger partial charge in [-0.15, -0.1) is 0 Å². The molecule has 1 saturated carbocycles. The number of nitrogens with zero attached hydrogens (tertiary/aromatic N) is 2. The molecule has 2 heterocycles. The Bertz CT molecular complexity index is 1310. The summed E-state index contributed by atoms with van der Waals surface area (Å²) in [6.45, 7) is 0.500. The maximum Gasteiger partial charge on any atom is 0.254 e. The molecular weight excluding hydrogens is 459 g/mol. The highest BCUT2D eigenvalue weighted by Gasteiger charge is 2.36. The number of amides is 3. The van der Waals surface area contributed by atoms with E-state index in [4.69, 9.17) is 11.6 Å². The first kappa shape index (κ1) is 22.3. The van der Waals surface area contributed by atoms with Crippen LogP contribution < -0.4 is 10.6 Å². The molecule has 174 valence electrons. The van der Waals surface area contributed by atoms with E-state index in [1.807, 2.05) is 0 Å². The lowest BCUT2D eigenvalue weighted by molar-refractivity contribution is -0.123. The van der Waals surface area contributed by atoms with Crippen LogP contribution in [0.1, 0.15) is 34.7 Å². The molecule has 1 aromatic heterocycles. The normalized spacial score (nSPS) is 17.4. The molecule has 3 amide bonds. The molecular formula is C25H22ClFN4O3. The van der Waals surface area contributed by atoms with Crippen molar-refractivity contribution < 1.29 is 18.8 Å². The lowest BCUT2D eigenvalue weighted by Crippen LogP contribution is -2.48. The number of fused-ring (bicyclic) bond motifs is 2. The van der Waals surface area contributed by atoms with Gasteiger partial charge in [-0.3, -0.25) is 19.4 Å². The second-order valence-electron chi connectivity index (χ2n) is 8.76. The molecule has 1 atom stereocenters. The number of nitrogens with one attached hydrogen (secondary N) is 2. The number of pyridine rings is 1. The van der Waals surface area contributed by atoms with Crippen LogP contribution in [0.15, 0.2) is 48.8 Å². The first-order chi connectivity index (χ1) is 16.4. The van der Waals surface area contributed by atoms with Gasteiger partial charge in [0.15, 0.2) is 0 Å². The van der Waals surface area contributed by atoms with Gasteiger partial charge in [-0.2, -0.15) is 0 Å². The predicted octanol–water partition coefficient (Wildman–Crippen LogP) is 3.73. The van der Waals surface area contributed by atoms with Gasteiger partial charge in [0.25, 0.3) is 5.91 Å². The predicted molar refractivity (Wildman–Crippen MR) is 126 cm³/mol. The van der Waals surface area contributed by atoms with Gasteiger partial charge in [-0.1, -0.05) is 11.6 Å². The fraction of sp³-hybridized carbons (Fsp3) is 0.280. The highest BCUT2D eigenvalue weighted by Crippen LogP contribution is 2.33. The van der Waals surface area contributed by atoms with E-state index in [0.29, 0.717) is 45.1 Å². The maximum atomic E-state index is 13.6. The molecule has 2 aromatic carbocycles. The number of benzene rings is 2. The Labute approximate surface area is 200 Å². The van der Waals surface area contributed by atoms with E-state index in [0.717, 1.165) is 12.8 Å². The molecule has 0 saturated heterocycles. The topological polar surface area (TPSA) is 91.4 Å². The van der Waals surface area contributed by atoms with E-state index in [1.54, 1.807) is 24.3 Å². The Hall–Kier alpha value is -3.52. The zero-order valence-electron chi connectivity index (χ0n) is 18.2. The summed E-state index contributed by atoms with van der Waals surface area (Å²) in [5.74, 6) is -1.58. The van der Waals surface area contributed by atoms with Gasteiger partial charge < -0.3 is 15.5 Å². The van der Waals surface area contributed by atoms with E-state index >= 15 is 0 Å². The average Bonchev–Trinajstić information content (AvgIpc) is 3.64. The van der Waals surface area contributed by atoms with E-state index in [9.17, 15) is 18.8 Å². The Morgan fingerprint density at radius 1 is 1.15 bits per heavy atom. The molecule has 2 aliphatic rings. The molecule has 1 aliphatic carbocycles. The minimum absolute atomic E-state index is 0.0294. The van der Waals surface area contributed by atoms with E-state index < -0.39 is 11.7 Å². The summed E-state index contributed by atoms with van der Waals surface area (Å²) in [7, 11) is 0. The third-order valence-corrected chi connectivity index (χ3v) is 6.46. The Balaban J connectivity index is 1.41. The molecule has 2 N–H and O–H groups in total. The summed E-state index contributed by atoms with van der Waals surface area (Å²) >= 11 is 6.18. The number of carbonyl (C=O) groups is 3. The van der Waals surface area contributed by atoms with Gasteiger partial charge in [-0.25, -0.2) is 4.39 Å². The lowest BCUT2D eigenvalue weighted by atomic mass is 9.88. The van der Waals surface area contributed by atoms with Crippen molar-refractivity contribution in [3.05, 3.63) is 70.8 Å². The molecule has 5 rings (SSSR count). The van der Waals surface area contributed by atoms with Crippen LogP contribution in [0.3, 0.4) is 0 Å². The number of rotatable bonds is 6. The highest BCUT2D eigenvalue weighted by atomic mass is 35.5. The molecule has 1 aliphatic heterocycles. The molecule has 34 heavy (non-hydrogen) atoms. The summed E-state index contributed by atoms with van der Waals surface area (Å²) in [6.07, 6.45) is 5.22. The Kier molecular flexibility index (Phi) is 5.91. The van der Waals surface area contributed by atoms with Crippen LogP contribution in [0.2, 0.25) is 5.02 Å². The first-order valence-corrected chi connectivity index (χ1v) is 11.5. The van der Waals surface area contributed by atoms with Crippen molar-refractivity contribution in [2.24, 2.45) is 5.92 Å². The summed E-state index contributed by atoms with van der Waals surface area (Å²) in [4.78, 5) is 44.4. The summed E-state index contributed by atoms with van der Waals surface area (Å²) in [6, 6.07) is 9.01.